The normalized spacial score (nSPS) is 18.6. The van der Waals surface area contributed by atoms with Crippen molar-refractivity contribution in [1.29, 1.82) is 0 Å². The van der Waals surface area contributed by atoms with E-state index in [2.05, 4.69) is 0 Å². The predicted molar refractivity (Wildman–Crippen MR) is 131 cm³/mol. The highest BCUT2D eigenvalue weighted by Gasteiger charge is 2.47. The zero-order chi connectivity index (χ0) is 24.7. The number of aliphatic hydroxyl groups is 1. The van der Waals surface area contributed by atoms with Crippen molar-refractivity contribution in [2.24, 2.45) is 0 Å². The van der Waals surface area contributed by atoms with Crippen LogP contribution in [0.5, 0.6) is 17.2 Å². The molecule has 2 aliphatic rings. The molecule has 0 aromatic heterocycles. The van der Waals surface area contributed by atoms with Crippen LogP contribution in [-0.4, -0.2) is 37.1 Å². The summed E-state index contributed by atoms with van der Waals surface area (Å²) in [4.78, 5) is 28.3. The molecule has 178 valence electrons. The van der Waals surface area contributed by atoms with Gasteiger partial charge in [0.15, 0.2) is 11.5 Å². The van der Waals surface area contributed by atoms with Gasteiger partial charge in [-0.15, -0.1) is 0 Å². The first-order valence-electron chi connectivity index (χ1n) is 11.3. The summed E-state index contributed by atoms with van der Waals surface area (Å²) in [5.41, 5.74) is 3.54. The minimum absolute atomic E-state index is 0.0118. The molecule has 5 rings (SSSR count). The largest absolute Gasteiger partial charge is 0.507 e. The summed E-state index contributed by atoms with van der Waals surface area (Å²) in [6.45, 7) is 4.69. The van der Waals surface area contributed by atoms with Crippen molar-refractivity contribution in [3.05, 3.63) is 88.5 Å². The molecule has 3 aromatic rings. The fourth-order valence-electron chi connectivity index (χ4n) is 4.53. The van der Waals surface area contributed by atoms with Crippen LogP contribution in [0.15, 0.2) is 66.2 Å². The lowest BCUT2D eigenvalue weighted by molar-refractivity contribution is -0.132. The minimum atomic E-state index is -0.824. The Hall–Kier alpha value is -4.26. The second-order valence-electron chi connectivity index (χ2n) is 8.52. The number of nitrogens with zero attached hydrogens (tertiary/aromatic N) is 1. The van der Waals surface area contributed by atoms with Crippen molar-refractivity contribution >= 4 is 23.1 Å². The number of anilines is 1. The molecule has 7 nitrogen and oxygen atoms in total. The van der Waals surface area contributed by atoms with Crippen LogP contribution >= 0.6 is 0 Å². The molecule has 1 amide bonds. The molecule has 1 unspecified atom stereocenters. The van der Waals surface area contributed by atoms with Crippen molar-refractivity contribution in [2.75, 3.05) is 25.2 Å². The van der Waals surface area contributed by atoms with Gasteiger partial charge in [0, 0.05) is 11.3 Å². The number of hydrogen-bond donors (Lipinski definition) is 1. The Bertz CT molecular complexity index is 1360. The van der Waals surface area contributed by atoms with Crippen LogP contribution in [0.2, 0.25) is 0 Å². The number of Topliss-reactive ketones (excluding diaryl/α,β-unsaturated/α-hetero) is 1. The van der Waals surface area contributed by atoms with Crippen molar-refractivity contribution in [1.82, 2.24) is 0 Å². The van der Waals surface area contributed by atoms with Crippen LogP contribution in [-0.2, 0) is 9.59 Å². The number of aliphatic hydroxyl groups excluding tert-OH is 1. The highest BCUT2D eigenvalue weighted by Crippen LogP contribution is 2.44. The van der Waals surface area contributed by atoms with Crippen molar-refractivity contribution < 1.29 is 28.9 Å². The van der Waals surface area contributed by atoms with Crippen LogP contribution in [0, 0.1) is 13.8 Å². The highest BCUT2D eigenvalue weighted by molar-refractivity contribution is 6.51. The Kier molecular flexibility index (Phi) is 5.68. The first-order valence-corrected chi connectivity index (χ1v) is 11.3. The number of hydrogen-bond acceptors (Lipinski definition) is 6. The van der Waals surface area contributed by atoms with Gasteiger partial charge in [-0.05, 0) is 66.9 Å². The number of methoxy groups -OCH3 is 1. The molecular formula is C28H25NO6. The van der Waals surface area contributed by atoms with E-state index < -0.39 is 17.7 Å². The van der Waals surface area contributed by atoms with Gasteiger partial charge >= 0.3 is 0 Å². The Labute approximate surface area is 203 Å². The molecule has 3 aromatic carbocycles. The maximum absolute atomic E-state index is 13.4. The lowest BCUT2D eigenvalue weighted by Crippen LogP contribution is -2.30. The van der Waals surface area contributed by atoms with E-state index in [1.165, 1.54) is 4.90 Å². The molecule has 35 heavy (non-hydrogen) atoms. The second kappa shape index (κ2) is 8.83. The van der Waals surface area contributed by atoms with Gasteiger partial charge in [0.25, 0.3) is 11.7 Å². The maximum Gasteiger partial charge on any atom is 0.300 e. The topological polar surface area (TPSA) is 85.3 Å². The Morgan fingerprint density at radius 3 is 2.40 bits per heavy atom. The second-order valence-corrected chi connectivity index (χ2v) is 8.52. The van der Waals surface area contributed by atoms with Gasteiger partial charge < -0.3 is 19.3 Å². The van der Waals surface area contributed by atoms with E-state index in [0.29, 0.717) is 47.3 Å². The Balaban J connectivity index is 1.71. The summed E-state index contributed by atoms with van der Waals surface area (Å²) in [6, 6.07) is 16.9. The number of benzene rings is 3. The third-order valence-electron chi connectivity index (χ3n) is 6.53. The fourth-order valence-corrected chi connectivity index (χ4v) is 4.53. The SMILES string of the molecule is COc1ccc(C2/C(=C(/O)c3ccc4c(c3)OCCO4)C(=O)C(=O)N2c2cccc(C)c2C)cc1. The van der Waals surface area contributed by atoms with Crippen LogP contribution in [0.1, 0.15) is 28.3 Å². The molecule has 1 fully saturated rings. The summed E-state index contributed by atoms with van der Waals surface area (Å²) < 4.78 is 16.5. The summed E-state index contributed by atoms with van der Waals surface area (Å²) in [7, 11) is 1.57. The minimum Gasteiger partial charge on any atom is -0.507 e. The van der Waals surface area contributed by atoms with Crippen molar-refractivity contribution in [3.8, 4) is 17.2 Å². The van der Waals surface area contributed by atoms with Crippen LogP contribution in [0.3, 0.4) is 0 Å². The maximum atomic E-state index is 13.4. The fraction of sp³-hybridized carbons (Fsp3) is 0.214. The average Bonchev–Trinajstić information content (AvgIpc) is 3.15. The molecule has 7 heteroatoms. The van der Waals surface area contributed by atoms with E-state index in [9.17, 15) is 14.7 Å². The van der Waals surface area contributed by atoms with Crippen molar-refractivity contribution in [3.63, 3.8) is 0 Å². The molecule has 0 bridgehead atoms. The van der Waals surface area contributed by atoms with E-state index in [1.54, 1.807) is 49.6 Å². The monoisotopic (exact) mass is 471 g/mol. The molecule has 1 saturated heterocycles. The Morgan fingerprint density at radius 1 is 0.971 bits per heavy atom. The standard InChI is InChI=1S/C28H25NO6/c1-16-5-4-6-21(17(16)2)29-25(18-7-10-20(33-3)11-8-18)24(27(31)28(29)32)26(30)19-9-12-22-23(15-19)35-14-13-34-22/h4-12,15,25,30H,13-14H2,1-3H3/b26-24-. The van der Waals surface area contributed by atoms with Gasteiger partial charge in [-0.2, -0.15) is 0 Å². The highest BCUT2D eigenvalue weighted by atomic mass is 16.6. The molecule has 0 saturated carbocycles. The molecule has 2 aliphatic heterocycles. The molecule has 1 N–H and O–H groups in total. The lowest BCUT2D eigenvalue weighted by atomic mass is 9.94. The summed E-state index contributed by atoms with van der Waals surface area (Å²) in [5, 5.41) is 11.4. The molecule has 0 spiro atoms. The molecule has 0 aliphatic carbocycles. The van der Waals surface area contributed by atoms with Gasteiger partial charge in [0.05, 0.1) is 18.7 Å². The molecule has 2 heterocycles. The molecule has 1 atom stereocenters. The number of rotatable bonds is 4. The Morgan fingerprint density at radius 2 is 1.69 bits per heavy atom. The van der Waals surface area contributed by atoms with Crippen molar-refractivity contribution in [2.45, 2.75) is 19.9 Å². The molecule has 0 radical (unpaired) electrons. The summed E-state index contributed by atoms with van der Waals surface area (Å²) in [5.74, 6) is -0.0312. The van der Waals surface area contributed by atoms with Gasteiger partial charge in [0.2, 0.25) is 0 Å². The number of ether oxygens (including phenoxy) is 3. The van der Waals surface area contributed by atoms with Gasteiger partial charge in [0.1, 0.15) is 24.7 Å². The smallest absolute Gasteiger partial charge is 0.300 e. The third kappa shape index (κ3) is 3.79. The zero-order valence-corrected chi connectivity index (χ0v) is 19.7. The van der Waals surface area contributed by atoms with E-state index in [1.807, 2.05) is 32.0 Å². The van der Waals surface area contributed by atoms with Crippen LogP contribution < -0.4 is 19.1 Å². The number of carbonyl (C=O) groups excluding carboxylic acids is 2. The third-order valence-corrected chi connectivity index (χ3v) is 6.53. The summed E-state index contributed by atoms with van der Waals surface area (Å²) in [6.07, 6.45) is 0. The molecular weight excluding hydrogens is 446 g/mol. The van der Waals surface area contributed by atoms with E-state index in [4.69, 9.17) is 14.2 Å². The zero-order valence-electron chi connectivity index (χ0n) is 19.7. The van der Waals surface area contributed by atoms with Gasteiger partial charge in [-0.1, -0.05) is 24.3 Å². The number of ketones is 1. The quantitative estimate of drug-likeness (QED) is 0.337. The van der Waals surface area contributed by atoms with E-state index in [-0.39, 0.29) is 11.3 Å². The predicted octanol–water partition coefficient (Wildman–Crippen LogP) is 4.71. The van der Waals surface area contributed by atoms with Crippen LogP contribution in [0.25, 0.3) is 5.76 Å². The van der Waals surface area contributed by atoms with Crippen LogP contribution in [0.4, 0.5) is 5.69 Å². The van der Waals surface area contributed by atoms with E-state index in [0.717, 1.165) is 11.1 Å². The lowest BCUT2D eigenvalue weighted by Gasteiger charge is -2.27. The van der Waals surface area contributed by atoms with E-state index >= 15 is 0 Å². The first kappa shape index (κ1) is 22.5. The van der Waals surface area contributed by atoms with Gasteiger partial charge in [-0.3, -0.25) is 14.5 Å². The summed E-state index contributed by atoms with van der Waals surface area (Å²) >= 11 is 0. The number of amides is 1. The van der Waals surface area contributed by atoms with Gasteiger partial charge in [-0.25, -0.2) is 0 Å². The average molecular weight is 472 g/mol. The number of fused-ring (bicyclic) bond motifs is 1. The first-order chi connectivity index (χ1) is 16.9. The number of aryl methyl sites for hydroxylation is 1. The number of carbonyl (C=O) groups is 2.